The summed E-state index contributed by atoms with van der Waals surface area (Å²) >= 11 is 0. The van der Waals surface area contributed by atoms with Crippen molar-refractivity contribution in [2.45, 2.75) is 111 Å². The first-order valence-electron chi connectivity index (χ1n) is 24.4. The smallest absolute Gasteiger partial charge is 0.407 e. The van der Waals surface area contributed by atoms with Gasteiger partial charge >= 0.3 is 6.09 Å². The maximum absolute atomic E-state index is 13.5. The van der Waals surface area contributed by atoms with Crippen molar-refractivity contribution >= 4 is 76.4 Å². The van der Waals surface area contributed by atoms with Gasteiger partial charge in [0.1, 0.15) is 24.5 Å². The summed E-state index contributed by atoms with van der Waals surface area (Å²) in [6.07, 6.45) is 10.9. The van der Waals surface area contributed by atoms with Crippen LogP contribution in [0, 0.1) is 5.92 Å². The molecule has 1 unspecified atom stereocenters. The molecular weight excluding hydrogens is 923 g/mol. The number of alkyl carbamates (subject to hydrolysis) is 1. The first kappa shape index (κ1) is 55.2. The molecule has 0 fully saturated rings. The van der Waals surface area contributed by atoms with E-state index >= 15 is 0 Å². The molecule has 72 heavy (non-hydrogen) atoms. The fraction of sp³-hybridized carbons (Fsp3) is 0.423. The van der Waals surface area contributed by atoms with Gasteiger partial charge in [-0.3, -0.25) is 43.4 Å². The Morgan fingerprint density at radius 1 is 0.819 bits per heavy atom. The first-order valence-corrected chi connectivity index (χ1v) is 24.4. The number of unbranched alkanes of at least 4 members (excludes halogenated alkanes) is 2. The Morgan fingerprint density at radius 2 is 1.54 bits per heavy atom. The third-order valence-electron chi connectivity index (χ3n) is 11.7. The van der Waals surface area contributed by atoms with E-state index in [1.807, 2.05) is 18.7 Å². The number of amidine groups is 1. The van der Waals surface area contributed by atoms with Gasteiger partial charge in [0.05, 0.1) is 17.6 Å². The molecule has 5 rings (SSSR count). The zero-order chi connectivity index (χ0) is 52.2. The molecule has 0 aliphatic carbocycles. The van der Waals surface area contributed by atoms with E-state index in [2.05, 4.69) is 36.6 Å². The summed E-state index contributed by atoms with van der Waals surface area (Å²) in [5, 5.41) is 13.9. The Balaban J connectivity index is 1.06. The van der Waals surface area contributed by atoms with E-state index in [9.17, 15) is 38.4 Å². The standard InChI is InChI=1S/C52H67N11O9/c1-5-22-62(23-6-2)51(70)38-26-36-15-16-37(27-42(36)59-43(54)28-38)48(67)58-40-25-35(29-55-31-40)30-56-52(71)72-32-34-13-17-39(18-14-34)57-49(68)41(11-10-21-53)60-50(69)47(33(3)4)61-44(64)12-8-7-9-24-63-45(65)19-20-46(63)66/h13-20,25-27,29,31,33,41,47H,5-12,21-24,28,30,32,53H2,1-4H3,(H2,54,59)(H,56,71)(H,57,68)(H,58,67)(H,60,69)(H,61,64)/t41-,47?/m0/s1. The number of aromatic nitrogens is 1. The zero-order valence-corrected chi connectivity index (χ0v) is 41.5. The molecule has 2 aliphatic rings. The first-order chi connectivity index (χ1) is 34.6. The van der Waals surface area contributed by atoms with Crippen LogP contribution in [0.5, 0.6) is 0 Å². The predicted octanol–water partition coefficient (Wildman–Crippen LogP) is 4.97. The normalized spacial score (nSPS) is 13.8. The molecule has 20 nitrogen and oxygen atoms in total. The minimum absolute atomic E-state index is 0.0495. The lowest BCUT2D eigenvalue weighted by Crippen LogP contribution is -2.54. The van der Waals surface area contributed by atoms with Crippen LogP contribution in [0.1, 0.15) is 113 Å². The Hall–Kier alpha value is -7.74. The molecule has 2 aliphatic heterocycles. The van der Waals surface area contributed by atoms with Crippen molar-refractivity contribution in [2.75, 3.05) is 36.8 Å². The van der Waals surface area contributed by atoms with E-state index in [0.717, 1.165) is 17.7 Å². The molecular formula is C52H67N11O9. The summed E-state index contributed by atoms with van der Waals surface area (Å²) < 4.78 is 5.40. The number of nitrogens with zero attached hydrogens (tertiary/aromatic N) is 4. The molecule has 20 heteroatoms. The number of hydrogen-bond acceptors (Lipinski definition) is 13. The number of benzene rings is 2. The second kappa shape index (κ2) is 27.6. The number of aliphatic imine (C=N–C) groups is 1. The molecule has 0 saturated heterocycles. The number of carbonyl (C=O) groups excluding carboxylic acids is 8. The number of pyridine rings is 1. The summed E-state index contributed by atoms with van der Waals surface area (Å²) in [6.45, 7) is 9.44. The summed E-state index contributed by atoms with van der Waals surface area (Å²) in [5.41, 5.74) is 16.0. The van der Waals surface area contributed by atoms with E-state index < -0.39 is 35.9 Å². The molecule has 1 aromatic heterocycles. The molecule has 0 saturated carbocycles. The van der Waals surface area contributed by atoms with Gasteiger partial charge < -0.3 is 47.7 Å². The highest BCUT2D eigenvalue weighted by molar-refractivity contribution is 6.13. The molecule has 2 atom stereocenters. The second-order valence-corrected chi connectivity index (χ2v) is 17.9. The lowest BCUT2D eigenvalue weighted by molar-refractivity contribution is -0.137. The Morgan fingerprint density at radius 3 is 2.22 bits per heavy atom. The van der Waals surface area contributed by atoms with E-state index in [0.29, 0.717) is 83.7 Å². The highest BCUT2D eigenvalue weighted by Gasteiger charge is 2.29. The molecule has 2 aromatic carbocycles. The van der Waals surface area contributed by atoms with Crippen LogP contribution >= 0.6 is 0 Å². The van der Waals surface area contributed by atoms with Crippen molar-refractivity contribution in [1.82, 2.24) is 30.7 Å². The largest absolute Gasteiger partial charge is 0.445 e. The van der Waals surface area contributed by atoms with Gasteiger partial charge in [0.2, 0.25) is 23.6 Å². The maximum atomic E-state index is 13.5. The number of imide groups is 1. The van der Waals surface area contributed by atoms with Crippen LogP contribution in [0.15, 0.2) is 83.6 Å². The van der Waals surface area contributed by atoms with E-state index in [4.69, 9.17) is 16.2 Å². The molecule has 0 bridgehead atoms. The molecule has 0 radical (unpaired) electrons. The third kappa shape index (κ3) is 16.7. The molecule has 3 heterocycles. The van der Waals surface area contributed by atoms with Crippen LogP contribution < -0.4 is 38.1 Å². The van der Waals surface area contributed by atoms with Crippen LogP contribution in [-0.2, 0) is 46.7 Å². The molecule has 384 valence electrons. The van der Waals surface area contributed by atoms with Crippen molar-refractivity contribution in [1.29, 1.82) is 0 Å². The number of carbonyl (C=O) groups is 8. The van der Waals surface area contributed by atoms with Crippen LogP contribution in [-0.4, -0.2) is 106 Å². The fourth-order valence-electron chi connectivity index (χ4n) is 7.89. The van der Waals surface area contributed by atoms with Crippen LogP contribution in [0.3, 0.4) is 0 Å². The Labute approximate surface area is 419 Å². The summed E-state index contributed by atoms with van der Waals surface area (Å²) in [5.74, 6) is -2.54. The van der Waals surface area contributed by atoms with Gasteiger partial charge in [-0.05, 0) is 98.5 Å². The van der Waals surface area contributed by atoms with Gasteiger partial charge in [-0.15, -0.1) is 0 Å². The lowest BCUT2D eigenvalue weighted by atomic mass is 10.0. The lowest BCUT2D eigenvalue weighted by Gasteiger charge is -2.25. The van der Waals surface area contributed by atoms with Gasteiger partial charge in [-0.25, -0.2) is 9.79 Å². The van der Waals surface area contributed by atoms with Crippen molar-refractivity contribution in [3.8, 4) is 0 Å². The number of fused-ring (bicyclic) bond motifs is 1. The predicted molar refractivity (Wildman–Crippen MR) is 273 cm³/mol. The maximum Gasteiger partial charge on any atom is 0.407 e. The quantitative estimate of drug-likeness (QED) is 0.0415. The number of amides is 8. The summed E-state index contributed by atoms with van der Waals surface area (Å²) in [4.78, 5) is 114. The molecule has 9 N–H and O–H groups in total. The second-order valence-electron chi connectivity index (χ2n) is 17.9. The molecule has 8 amide bonds. The average molecular weight is 990 g/mol. The molecule has 0 spiro atoms. The number of nitrogens with one attached hydrogen (secondary N) is 5. The van der Waals surface area contributed by atoms with Gasteiger partial charge in [0.15, 0.2) is 0 Å². The number of nitrogens with two attached hydrogens (primary N) is 2. The van der Waals surface area contributed by atoms with Crippen molar-refractivity contribution in [3.63, 3.8) is 0 Å². The van der Waals surface area contributed by atoms with E-state index in [1.54, 1.807) is 74.7 Å². The molecule has 3 aromatic rings. The van der Waals surface area contributed by atoms with Gasteiger partial charge in [0, 0.05) is 79.8 Å². The van der Waals surface area contributed by atoms with Crippen LogP contribution in [0.25, 0.3) is 6.08 Å². The van der Waals surface area contributed by atoms with Crippen LogP contribution in [0.4, 0.5) is 21.9 Å². The highest BCUT2D eigenvalue weighted by Crippen LogP contribution is 2.29. The SMILES string of the molecule is CCCN(CCC)C(=O)C1=Cc2ccc(C(=O)Nc3cncc(CNC(=O)OCc4ccc(NC(=O)[C@H](CCCN)NC(=O)C(NC(=O)CCCCCN5C(=O)C=CC5=O)C(C)C)cc4)c3)cc2N=C(N)C1. The third-order valence-corrected chi connectivity index (χ3v) is 11.7. The number of hydrogen-bond donors (Lipinski definition) is 7. The van der Waals surface area contributed by atoms with Gasteiger partial charge in [-0.2, -0.15) is 0 Å². The minimum Gasteiger partial charge on any atom is -0.445 e. The number of ether oxygens (including phenoxy) is 1. The number of anilines is 2. The zero-order valence-electron chi connectivity index (χ0n) is 41.5. The monoisotopic (exact) mass is 990 g/mol. The average Bonchev–Trinajstić information content (AvgIpc) is 3.57. The van der Waals surface area contributed by atoms with Gasteiger partial charge in [0.25, 0.3) is 17.7 Å². The summed E-state index contributed by atoms with van der Waals surface area (Å²) in [6, 6.07) is 11.4. The fourth-order valence-corrected chi connectivity index (χ4v) is 7.89. The Bertz CT molecular complexity index is 2520. The van der Waals surface area contributed by atoms with Crippen molar-refractivity contribution < 1.29 is 43.1 Å². The van der Waals surface area contributed by atoms with Crippen molar-refractivity contribution in [3.05, 3.63) is 101 Å². The van der Waals surface area contributed by atoms with Crippen LogP contribution in [0.2, 0.25) is 0 Å². The Kier molecular flexibility index (Phi) is 21.2. The topological polar surface area (TPSA) is 290 Å². The highest BCUT2D eigenvalue weighted by atomic mass is 16.5. The van der Waals surface area contributed by atoms with Crippen molar-refractivity contribution in [2.24, 2.45) is 22.4 Å². The van der Waals surface area contributed by atoms with Gasteiger partial charge in [-0.1, -0.05) is 52.3 Å². The number of rotatable bonds is 26. The van der Waals surface area contributed by atoms with E-state index in [-0.39, 0.29) is 80.9 Å². The summed E-state index contributed by atoms with van der Waals surface area (Å²) in [7, 11) is 0. The van der Waals surface area contributed by atoms with E-state index in [1.165, 1.54) is 18.3 Å². The minimum atomic E-state index is -0.947.